The number of hydrogen-bond donors (Lipinski definition) is 0. The molecule has 0 heterocycles. The summed E-state index contributed by atoms with van der Waals surface area (Å²) < 4.78 is -1.07. The largest absolute Gasteiger partial charge is 0.296 e. The number of alkyl halides is 2. The van der Waals surface area contributed by atoms with Gasteiger partial charge in [-0.1, -0.05) is 48.9 Å². The molecule has 0 N–H and O–H groups in total. The van der Waals surface area contributed by atoms with E-state index in [1.165, 1.54) is 25.7 Å². The summed E-state index contributed by atoms with van der Waals surface area (Å²) in [5.74, 6) is 0.731. The van der Waals surface area contributed by atoms with Crippen LogP contribution in [0.5, 0.6) is 0 Å². The van der Waals surface area contributed by atoms with E-state index in [1.807, 2.05) is 0 Å². The van der Waals surface area contributed by atoms with Crippen LogP contribution in [0.3, 0.4) is 0 Å². The van der Waals surface area contributed by atoms with Crippen LogP contribution < -0.4 is 0 Å². The van der Waals surface area contributed by atoms with Crippen molar-refractivity contribution >= 4 is 29.0 Å². The average Bonchev–Trinajstić information content (AvgIpc) is 2.26. The zero-order valence-electron chi connectivity index (χ0n) is 8.27. The molecule has 80 valence electrons. The molecule has 0 aromatic rings. The standard InChI is InChI=1S/C11H16Cl2O/c12-11(13)9-6-4-2-1-3-5-8(9)7-10(11)14/h8-9H,1-7H2/t8-,9+/m1/s1. The first-order valence-corrected chi connectivity index (χ1v) is 6.29. The molecule has 0 radical (unpaired) electrons. The Morgan fingerprint density at radius 3 is 2.43 bits per heavy atom. The molecule has 0 amide bonds. The highest BCUT2D eigenvalue weighted by Crippen LogP contribution is 2.50. The van der Waals surface area contributed by atoms with E-state index in [0.29, 0.717) is 12.3 Å². The first-order valence-electron chi connectivity index (χ1n) is 5.53. The predicted octanol–water partition coefficient (Wildman–Crippen LogP) is 3.72. The fraction of sp³-hybridized carbons (Fsp3) is 0.909. The highest BCUT2D eigenvalue weighted by molar-refractivity contribution is 6.59. The van der Waals surface area contributed by atoms with E-state index < -0.39 is 4.33 Å². The van der Waals surface area contributed by atoms with Crippen molar-refractivity contribution in [1.29, 1.82) is 0 Å². The number of carbonyl (C=O) groups is 1. The average molecular weight is 235 g/mol. The second-order valence-electron chi connectivity index (χ2n) is 4.61. The van der Waals surface area contributed by atoms with Crippen LogP contribution >= 0.6 is 23.2 Å². The minimum absolute atomic E-state index is 0.0535. The van der Waals surface area contributed by atoms with E-state index in [9.17, 15) is 4.79 Å². The van der Waals surface area contributed by atoms with Gasteiger partial charge in [-0.15, -0.1) is 0 Å². The lowest BCUT2D eigenvalue weighted by atomic mass is 9.84. The van der Waals surface area contributed by atoms with Gasteiger partial charge in [-0.25, -0.2) is 0 Å². The van der Waals surface area contributed by atoms with Crippen molar-refractivity contribution in [3.63, 3.8) is 0 Å². The lowest BCUT2D eigenvalue weighted by Crippen LogP contribution is -2.29. The van der Waals surface area contributed by atoms with E-state index in [-0.39, 0.29) is 11.7 Å². The number of halogens is 2. The fourth-order valence-electron chi connectivity index (χ4n) is 2.86. The summed E-state index contributed by atoms with van der Waals surface area (Å²) in [6, 6.07) is 0. The Balaban J connectivity index is 2.14. The van der Waals surface area contributed by atoms with E-state index in [0.717, 1.165) is 12.8 Å². The number of carbonyl (C=O) groups excluding carboxylic acids is 1. The van der Waals surface area contributed by atoms with Crippen molar-refractivity contribution in [1.82, 2.24) is 0 Å². The smallest absolute Gasteiger partial charge is 0.178 e. The third-order valence-corrected chi connectivity index (χ3v) is 4.68. The Hall–Kier alpha value is 0.250. The Kier molecular flexibility index (Phi) is 3.09. The maximum atomic E-state index is 11.6. The van der Waals surface area contributed by atoms with Gasteiger partial charge in [0.05, 0.1) is 0 Å². The molecule has 0 spiro atoms. The molecular weight excluding hydrogens is 219 g/mol. The van der Waals surface area contributed by atoms with E-state index >= 15 is 0 Å². The van der Waals surface area contributed by atoms with Gasteiger partial charge in [0.2, 0.25) is 0 Å². The van der Waals surface area contributed by atoms with Crippen molar-refractivity contribution in [3.05, 3.63) is 0 Å². The van der Waals surface area contributed by atoms with Crippen LogP contribution in [0.25, 0.3) is 0 Å². The minimum Gasteiger partial charge on any atom is -0.296 e. The molecule has 3 heteroatoms. The van der Waals surface area contributed by atoms with Crippen molar-refractivity contribution in [2.24, 2.45) is 11.8 Å². The molecule has 2 atom stereocenters. The summed E-state index contributed by atoms with van der Waals surface area (Å²) in [5.41, 5.74) is 0. The van der Waals surface area contributed by atoms with Crippen LogP contribution in [0, 0.1) is 11.8 Å². The molecule has 1 nitrogen and oxygen atoms in total. The van der Waals surface area contributed by atoms with Crippen molar-refractivity contribution in [2.45, 2.75) is 49.3 Å². The van der Waals surface area contributed by atoms with Crippen molar-refractivity contribution < 1.29 is 4.79 Å². The second-order valence-corrected chi connectivity index (χ2v) is 5.99. The summed E-state index contributed by atoms with van der Waals surface area (Å²) in [4.78, 5) is 11.6. The van der Waals surface area contributed by atoms with Crippen LogP contribution in [0.1, 0.15) is 44.9 Å². The SMILES string of the molecule is O=C1C[C@H]2CCCCCC[C@@H]2C1(Cl)Cl. The van der Waals surface area contributed by atoms with Crippen LogP contribution in [-0.2, 0) is 4.79 Å². The van der Waals surface area contributed by atoms with Crippen LogP contribution in [0.15, 0.2) is 0 Å². The van der Waals surface area contributed by atoms with E-state index in [4.69, 9.17) is 23.2 Å². The molecule has 14 heavy (non-hydrogen) atoms. The van der Waals surface area contributed by atoms with Crippen molar-refractivity contribution in [2.75, 3.05) is 0 Å². The van der Waals surface area contributed by atoms with Crippen molar-refractivity contribution in [3.8, 4) is 0 Å². The highest BCUT2D eigenvalue weighted by Gasteiger charge is 2.51. The number of fused-ring (bicyclic) bond motifs is 1. The van der Waals surface area contributed by atoms with Gasteiger partial charge in [-0.05, 0) is 18.8 Å². The topological polar surface area (TPSA) is 17.1 Å². The molecule has 2 fully saturated rings. The number of Topliss-reactive ketones (excluding diaryl/α,β-unsaturated/α-hetero) is 1. The summed E-state index contributed by atoms with van der Waals surface area (Å²) in [7, 11) is 0. The summed E-state index contributed by atoms with van der Waals surface area (Å²) >= 11 is 12.3. The quantitative estimate of drug-likeness (QED) is 0.585. The summed E-state index contributed by atoms with van der Waals surface area (Å²) in [5, 5.41) is 0. The van der Waals surface area contributed by atoms with Gasteiger partial charge < -0.3 is 0 Å². The minimum atomic E-state index is -1.07. The molecule has 2 aliphatic carbocycles. The molecule has 0 saturated heterocycles. The van der Waals surface area contributed by atoms with Gasteiger partial charge in [0, 0.05) is 12.3 Å². The first-order chi connectivity index (χ1) is 6.62. The molecular formula is C11H16Cl2O. The zero-order valence-corrected chi connectivity index (χ0v) is 9.78. The third kappa shape index (κ3) is 1.81. The Bertz CT molecular complexity index is 237. The van der Waals surface area contributed by atoms with Crippen LogP contribution in [0.4, 0.5) is 0 Å². The fourth-order valence-corrected chi connectivity index (χ4v) is 3.59. The highest BCUT2D eigenvalue weighted by atomic mass is 35.5. The first kappa shape index (κ1) is 10.8. The van der Waals surface area contributed by atoms with Crippen LogP contribution in [0.2, 0.25) is 0 Å². The van der Waals surface area contributed by atoms with Gasteiger partial charge in [-0.2, -0.15) is 0 Å². The number of ketones is 1. The molecule has 2 aliphatic rings. The van der Waals surface area contributed by atoms with E-state index in [2.05, 4.69) is 0 Å². The number of hydrogen-bond acceptors (Lipinski definition) is 1. The van der Waals surface area contributed by atoms with Crippen LogP contribution in [-0.4, -0.2) is 10.1 Å². The van der Waals surface area contributed by atoms with Gasteiger partial charge in [0.1, 0.15) is 0 Å². The molecule has 0 bridgehead atoms. The maximum absolute atomic E-state index is 11.6. The lowest BCUT2D eigenvalue weighted by Gasteiger charge is -2.27. The third-order valence-electron chi connectivity index (χ3n) is 3.69. The molecule has 0 aromatic heterocycles. The number of rotatable bonds is 0. The van der Waals surface area contributed by atoms with Gasteiger partial charge in [0.25, 0.3) is 0 Å². The molecule has 2 rings (SSSR count). The van der Waals surface area contributed by atoms with Gasteiger partial charge in [0.15, 0.2) is 10.1 Å². The second kappa shape index (κ2) is 4.02. The normalized spacial score (nSPS) is 37.4. The summed E-state index contributed by atoms with van der Waals surface area (Å²) in [6.07, 6.45) is 7.75. The molecule has 0 aromatic carbocycles. The Morgan fingerprint density at radius 2 is 1.71 bits per heavy atom. The molecule has 0 unspecified atom stereocenters. The predicted molar refractivity (Wildman–Crippen MR) is 58.7 cm³/mol. The monoisotopic (exact) mass is 234 g/mol. The Labute approximate surface area is 95.1 Å². The lowest BCUT2D eigenvalue weighted by molar-refractivity contribution is -0.118. The molecule has 0 aliphatic heterocycles. The van der Waals surface area contributed by atoms with Gasteiger partial charge >= 0.3 is 0 Å². The Morgan fingerprint density at radius 1 is 1.07 bits per heavy atom. The summed E-state index contributed by atoms with van der Waals surface area (Å²) in [6.45, 7) is 0. The van der Waals surface area contributed by atoms with E-state index in [1.54, 1.807) is 0 Å². The van der Waals surface area contributed by atoms with Gasteiger partial charge in [-0.3, -0.25) is 4.79 Å². The zero-order chi connectivity index (χ0) is 10.2. The molecule has 2 saturated carbocycles. The maximum Gasteiger partial charge on any atom is 0.178 e.